The van der Waals surface area contributed by atoms with Gasteiger partial charge in [0.1, 0.15) is 5.75 Å². The molecule has 1 aromatic rings. The standard InChI is InChI=1S/C16H23NO3/c1-13-5-3-6-14(9-13)20-8-4-7-15(18)17-10-16(2)11-19-12-16/h3,5-6,9H,4,7-8,10-12H2,1-2H3,(H,17,18). The van der Waals surface area contributed by atoms with Gasteiger partial charge in [-0.05, 0) is 31.0 Å². The second-order valence-electron chi connectivity index (χ2n) is 5.85. The zero-order valence-corrected chi connectivity index (χ0v) is 12.3. The maximum Gasteiger partial charge on any atom is 0.220 e. The molecule has 0 radical (unpaired) electrons. The van der Waals surface area contributed by atoms with Crippen LogP contribution in [0.15, 0.2) is 24.3 Å². The molecule has 1 heterocycles. The Kier molecular flexibility index (Phi) is 5.01. The third-order valence-corrected chi connectivity index (χ3v) is 3.42. The molecule has 1 N–H and O–H groups in total. The van der Waals surface area contributed by atoms with Gasteiger partial charge in [0.15, 0.2) is 0 Å². The highest BCUT2D eigenvalue weighted by atomic mass is 16.5. The van der Waals surface area contributed by atoms with E-state index in [1.165, 1.54) is 5.56 Å². The fourth-order valence-electron chi connectivity index (χ4n) is 2.08. The average Bonchev–Trinajstić information content (AvgIpc) is 2.39. The highest BCUT2D eigenvalue weighted by Gasteiger charge is 2.33. The summed E-state index contributed by atoms with van der Waals surface area (Å²) in [6.45, 7) is 6.90. The quantitative estimate of drug-likeness (QED) is 0.778. The van der Waals surface area contributed by atoms with E-state index < -0.39 is 0 Å². The number of nitrogens with one attached hydrogen (secondary N) is 1. The Morgan fingerprint density at radius 1 is 1.45 bits per heavy atom. The van der Waals surface area contributed by atoms with Gasteiger partial charge in [-0.1, -0.05) is 19.1 Å². The lowest BCUT2D eigenvalue weighted by Crippen LogP contribution is -2.48. The SMILES string of the molecule is Cc1cccc(OCCCC(=O)NCC2(C)COC2)c1. The molecule has 1 aromatic carbocycles. The Hall–Kier alpha value is -1.55. The first kappa shape index (κ1) is 14.9. The zero-order chi connectivity index (χ0) is 14.4. The molecular formula is C16H23NO3. The van der Waals surface area contributed by atoms with Gasteiger partial charge < -0.3 is 14.8 Å². The van der Waals surface area contributed by atoms with Crippen molar-refractivity contribution in [2.24, 2.45) is 5.41 Å². The second kappa shape index (κ2) is 6.75. The number of carbonyl (C=O) groups is 1. The normalized spacial score (nSPS) is 16.3. The molecule has 0 atom stereocenters. The molecule has 1 amide bonds. The molecular weight excluding hydrogens is 254 g/mol. The van der Waals surface area contributed by atoms with Crippen LogP contribution in [0.4, 0.5) is 0 Å². The van der Waals surface area contributed by atoms with Gasteiger partial charge in [0.2, 0.25) is 5.91 Å². The number of benzene rings is 1. The number of hydrogen-bond donors (Lipinski definition) is 1. The van der Waals surface area contributed by atoms with Crippen LogP contribution in [-0.4, -0.2) is 32.3 Å². The van der Waals surface area contributed by atoms with Crippen molar-refractivity contribution in [3.63, 3.8) is 0 Å². The second-order valence-corrected chi connectivity index (χ2v) is 5.85. The van der Waals surface area contributed by atoms with Gasteiger partial charge in [-0.2, -0.15) is 0 Å². The van der Waals surface area contributed by atoms with Gasteiger partial charge in [-0.3, -0.25) is 4.79 Å². The molecule has 110 valence electrons. The van der Waals surface area contributed by atoms with E-state index in [1.54, 1.807) is 0 Å². The monoisotopic (exact) mass is 277 g/mol. The first-order chi connectivity index (χ1) is 9.57. The molecule has 0 unspecified atom stereocenters. The molecule has 20 heavy (non-hydrogen) atoms. The van der Waals surface area contributed by atoms with Crippen molar-refractivity contribution in [3.8, 4) is 5.75 Å². The van der Waals surface area contributed by atoms with E-state index in [9.17, 15) is 4.79 Å². The van der Waals surface area contributed by atoms with Crippen LogP contribution in [0.2, 0.25) is 0 Å². The van der Waals surface area contributed by atoms with Crippen molar-refractivity contribution in [1.29, 1.82) is 0 Å². The minimum Gasteiger partial charge on any atom is -0.494 e. The zero-order valence-electron chi connectivity index (χ0n) is 12.3. The van der Waals surface area contributed by atoms with E-state index in [1.807, 2.05) is 31.2 Å². The summed E-state index contributed by atoms with van der Waals surface area (Å²) in [6.07, 6.45) is 1.23. The molecule has 0 bridgehead atoms. The van der Waals surface area contributed by atoms with Crippen molar-refractivity contribution < 1.29 is 14.3 Å². The Labute approximate surface area is 120 Å². The van der Waals surface area contributed by atoms with Crippen LogP contribution in [0.3, 0.4) is 0 Å². The lowest BCUT2D eigenvalue weighted by Gasteiger charge is -2.38. The Morgan fingerprint density at radius 3 is 2.90 bits per heavy atom. The van der Waals surface area contributed by atoms with Crippen LogP contribution in [0.5, 0.6) is 5.75 Å². The van der Waals surface area contributed by atoms with E-state index in [0.717, 1.165) is 25.4 Å². The van der Waals surface area contributed by atoms with E-state index >= 15 is 0 Å². The molecule has 0 saturated carbocycles. The lowest BCUT2D eigenvalue weighted by molar-refractivity contribution is -0.127. The van der Waals surface area contributed by atoms with E-state index in [2.05, 4.69) is 12.2 Å². The molecule has 1 aliphatic rings. The van der Waals surface area contributed by atoms with Gasteiger partial charge in [-0.25, -0.2) is 0 Å². The number of aryl methyl sites for hydroxylation is 1. The Morgan fingerprint density at radius 2 is 2.25 bits per heavy atom. The van der Waals surface area contributed by atoms with Gasteiger partial charge in [-0.15, -0.1) is 0 Å². The van der Waals surface area contributed by atoms with Crippen LogP contribution < -0.4 is 10.1 Å². The van der Waals surface area contributed by atoms with Crippen LogP contribution in [0.1, 0.15) is 25.3 Å². The molecule has 0 aromatic heterocycles. The number of amides is 1. The van der Waals surface area contributed by atoms with Crippen molar-refractivity contribution in [2.45, 2.75) is 26.7 Å². The maximum absolute atomic E-state index is 11.7. The molecule has 0 aliphatic carbocycles. The molecule has 0 spiro atoms. The topological polar surface area (TPSA) is 47.6 Å². The van der Waals surface area contributed by atoms with Crippen LogP contribution >= 0.6 is 0 Å². The summed E-state index contributed by atoms with van der Waals surface area (Å²) in [7, 11) is 0. The smallest absolute Gasteiger partial charge is 0.220 e. The molecule has 1 saturated heterocycles. The van der Waals surface area contributed by atoms with Gasteiger partial charge in [0.25, 0.3) is 0 Å². The number of carbonyl (C=O) groups excluding carboxylic acids is 1. The van der Waals surface area contributed by atoms with E-state index in [-0.39, 0.29) is 11.3 Å². The minimum atomic E-state index is 0.0889. The summed E-state index contributed by atoms with van der Waals surface area (Å²) >= 11 is 0. The first-order valence-corrected chi connectivity index (χ1v) is 7.11. The summed E-state index contributed by atoms with van der Waals surface area (Å²) in [5.41, 5.74) is 1.31. The largest absolute Gasteiger partial charge is 0.494 e. The summed E-state index contributed by atoms with van der Waals surface area (Å²) in [5.74, 6) is 0.954. The van der Waals surface area contributed by atoms with E-state index in [4.69, 9.17) is 9.47 Å². The molecule has 2 rings (SSSR count). The maximum atomic E-state index is 11.7. The first-order valence-electron chi connectivity index (χ1n) is 7.11. The fourth-order valence-corrected chi connectivity index (χ4v) is 2.08. The third kappa shape index (κ3) is 4.53. The average molecular weight is 277 g/mol. The van der Waals surface area contributed by atoms with Crippen molar-refractivity contribution in [3.05, 3.63) is 29.8 Å². The molecule has 1 aliphatic heterocycles. The van der Waals surface area contributed by atoms with Crippen molar-refractivity contribution in [2.75, 3.05) is 26.4 Å². The van der Waals surface area contributed by atoms with Crippen LogP contribution in [0.25, 0.3) is 0 Å². The van der Waals surface area contributed by atoms with Crippen molar-refractivity contribution in [1.82, 2.24) is 5.32 Å². The fraction of sp³-hybridized carbons (Fsp3) is 0.562. The third-order valence-electron chi connectivity index (χ3n) is 3.42. The van der Waals surface area contributed by atoms with Gasteiger partial charge in [0.05, 0.1) is 19.8 Å². The highest BCUT2D eigenvalue weighted by Crippen LogP contribution is 2.25. The summed E-state index contributed by atoms with van der Waals surface area (Å²) < 4.78 is 10.8. The summed E-state index contributed by atoms with van der Waals surface area (Å²) in [5, 5.41) is 2.96. The summed E-state index contributed by atoms with van der Waals surface area (Å²) in [4.78, 5) is 11.7. The number of rotatable bonds is 7. The molecule has 4 nitrogen and oxygen atoms in total. The lowest BCUT2D eigenvalue weighted by atomic mass is 9.89. The van der Waals surface area contributed by atoms with E-state index in [0.29, 0.717) is 19.6 Å². The highest BCUT2D eigenvalue weighted by molar-refractivity contribution is 5.75. The molecule has 1 fully saturated rings. The van der Waals surface area contributed by atoms with Gasteiger partial charge >= 0.3 is 0 Å². The number of hydrogen-bond acceptors (Lipinski definition) is 3. The number of ether oxygens (including phenoxy) is 2. The van der Waals surface area contributed by atoms with Gasteiger partial charge in [0, 0.05) is 18.4 Å². The molecule has 4 heteroatoms. The van der Waals surface area contributed by atoms with Crippen LogP contribution in [-0.2, 0) is 9.53 Å². The minimum absolute atomic E-state index is 0.0889. The van der Waals surface area contributed by atoms with Crippen LogP contribution in [0, 0.1) is 12.3 Å². The predicted octanol–water partition coefficient (Wildman–Crippen LogP) is 2.31. The van der Waals surface area contributed by atoms with Crippen molar-refractivity contribution >= 4 is 5.91 Å². The Bertz CT molecular complexity index is 455. The summed E-state index contributed by atoms with van der Waals surface area (Å²) in [6, 6.07) is 7.94. The Balaban J connectivity index is 1.57. The predicted molar refractivity (Wildman–Crippen MR) is 77.8 cm³/mol.